The van der Waals surface area contributed by atoms with E-state index in [1.54, 1.807) is 0 Å². The second-order valence-electron chi connectivity index (χ2n) is 5.16. The van der Waals surface area contributed by atoms with Gasteiger partial charge in [0.05, 0.1) is 11.3 Å². The van der Waals surface area contributed by atoms with Crippen LogP contribution in [0, 0.1) is 0 Å². The van der Waals surface area contributed by atoms with E-state index in [-0.39, 0.29) is 18.3 Å². The molecule has 0 radical (unpaired) electrons. The number of hydrogen-bond acceptors (Lipinski definition) is 4. The van der Waals surface area contributed by atoms with Crippen molar-refractivity contribution in [2.24, 2.45) is 15.7 Å². The van der Waals surface area contributed by atoms with Gasteiger partial charge in [-0.2, -0.15) is 0 Å². The number of hydrogen-bond donors (Lipinski definition) is 1. The average Bonchev–Trinajstić information content (AvgIpc) is 2.81. The Bertz CT molecular complexity index is 669. The van der Waals surface area contributed by atoms with Gasteiger partial charge in [0.2, 0.25) is 15.0 Å². The highest BCUT2D eigenvalue weighted by molar-refractivity contribution is 8.06. The van der Waals surface area contributed by atoms with Crippen molar-refractivity contribution in [2.45, 2.75) is 37.7 Å². The van der Waals surface area contributed by atoms with Crippen LogP contribution >= 0.6 is 0 Å². The van der Waals surface area contributed by atoms with Gasteiger partial charge in [0.15, 0.2) is 12.0 Å². The molecule has 2 rings (SSSR count). The van der Waals surface area contributed by atoms with Crippen molar-refractivity contribution in [1.29, 1.82) is 0 Å². The predicted molar refractivity (Wildman–Crippen MR) is 81.8 cm³/mol. The minimum Gasteiger partial charge on any atom is -0.374 e. The van der Waals surface area contributed by atoms with Gasteiger partial charge in [0, 0.05) is 6.42 Å². The zero-order valence-electron chi connectivity index (χ0n) is 11.9. The van der Waals surface area contributed by atoms with Gasteiger partial charge in [-0.1, -0.05) is 30.3 Å². The third kappa shape index (κ3) is 3.29. The van der Waals surface area contributed by atoms with Gasteiger partial charge in [-0.3, -0.25) is 4.99 Å². The Balaban J connectivity index is 2.28. The standard InChI is InChI=1S/C14H18FN3O2S/c1-9(2)21(19,20)14(16)18-13-11(15)8-12(17-13)10-6-4-3-5-7-10/h3-7,9,11-12H,8H2,1-2H3,(H2,16,17,18)/t11-,12-/m0/s1. The van der Waals surface area contributed by atoms with Crippen LogP contribution in [-0.2, 0) is 9.84 Å². The van der Waals surface area contributed by atoms with Crippen molar-refractivity contribution >= 4 is 20.8 Å². The van der Waals surface area contributed by atoms with E-state index < -0.39 is 26.4 Å². The summed E-state index contributed by atoms with van der Waals surface area (Å²) in [6.07, 6.45) is -1.26. The van der Waals surface area contributed by atoms with Gasteiger partial charge in [-0.15, -0.1) is 0 Å². The Labute approximate surface area is 123 Å². The first-order chi connectivity index (χ1) is 9.82. The Morgan fingerprint density at radius 1 is 1.38 bits per heavy atom. The smallest absolute Gasteiger partial charge is 0.220 e. The lowest BCUT2D eigenvalue weighted by molar-refractivity contribution is 0.400. The first-order valence-electron chi connectivity index (χ1n) is 6.67. The van der Waals surface area contributed by atoms with Crippen LogP contribution in [0.15, 0.2) is 40.3 Å². The number of nitrogens with two attached hydrogens (primary N) is 1. The summed E-state index contributed by atoms with van der Waals surface area (Å²) in [4.78, 5) is 7.87. The molecule has 1 aliphatic heterocycles. The number of alkyl halides is 1. The topological polar surface area (TPSA) is 84.9 Å². The maximum absolute atomic E-state index is 14.0. The fraction of sp³-hybridized carbons (Fsp3) is 0.429. The minimum atomic E-state index is -3.69. The second-order valence-corrected chi connectivity index (χ2v) is 7.61. The maximum atomic E-state index is 14.0. The summed E-state index contributed by atoms with van der Waals surface area (Å²) in [7, 11) is -3.69. The highest BCUT2D eigenvalue weighted by Crippen LogP contribution is 2.31. The van der Waals surface area contributed by atoms with E-state index in [4.69, 9.17) is 5.73 Å². The van der Waals surface area contributed by atoms with E-state index in [9.17, 15) is 12.8 Å². The fourth-order valence-corrected chi connectivity index (χ4v) is 2.70. The van der Waals surface area contributed by atoms with Gasteiger partial charge < -0.3 is 5.73 Å². The molecule has 114 valence electrons. The molecule has 1 heterocycles. The van der Waals surface area contributed by atoms with Crippen molar-refractivity contribution in [3.8, 4) is 0 Å². The van der Waals surface area contributed by atoms with Gasteiger partial charge in [-0.25, -0.2) is 17.8 Å². The van der Waals surface area contributed by atoms with Crippen LogP contribution in [0.2, 0.25) is 0 Å². The van der Waals surface area contributed by atoms with Crippen molar-refractivity contribution in [1.82, 2.24) is 0 Å². The lowest BCUT2D eigenvalue weighted by atomic mass is 10.0. The summed E-state index contributed by atoms with van der Waals surface area (Å²) in [6, 6.07) is 8.90. The molecule has 2 N–H and O–H groups in total. The molecule has 21 heavy (non-hydrogen) atoms. The molecule has 1 aromatic rings. The van der Waals surface area contributed by atoms with E-state index in [1.165, 1.54) is 13.8 Å². The summed E-state index contributed by atoms with van der Waals surface area (Å²) >= 11 is 0. The van der Waals surface area contributed by atoms with Crippen molar-refractivity contribution < 1.29 is 12.8 Å². The summed E-state index contributed by atoms with van der Waals surface area (Å²) in [5, 5.41) is -1.28. The Morgan fingerprint density at radius 2 is 2.00 bits per heavy atom. The molecule has 1 aliphatic rings. The molecule has 0 unspecified atom stereocenters. The van der Waals surface area contributed by atoms with E-state index in [2.05, 4.69) is 9.98 Å². The number of aliphatic imine (C=N–C) groups is 2. The molecule has 1 aromatic carbocycles. The zero-order valence-corrected chi connectivity index (χ0v) is 12.7. The van der Waals surface area contributed by atoms with E-state index >= 15 is 0 Å². The molecule has 2 atom stereocenters. The molecule has 5 nitrogen and oxygen atoms in total. The first-order valence-corrected chi connectivity index (χ1v) is 8.21. The van der Waals surface area contributed by atoms with Crippen molar-refractivity contribution in [3.05, 3.63) is 35.9 Å². The van der Waals surface area contributed by atoms with Crippen LogP contribution in [0.3, 0.4) is 0 Å². The lowest BCUT2D eigenvalue weighted by Gasteiger charge is -2.06. The number of halogens is 1. The molecule has 0 bridgehead atoms. The maximum Gasteiger partial charge on any atom is 0.220 e. The van der Waals surface area contributed by atoms with Gasteiger partial charge in [0.1, 0.15) is 0 Å². The van der Waals surface area contributed by atoms with Crippen LogP contribution < -0.4 is 5.73 Å². The zero-order chi connectivity index (χ0) is 15.6. The predicted octanol–water partition coefficient (Wildman–Crippen LogP) is 2.01. The molecule has 0 aliphatic carbocycles. The summed E-state index contributed by atoms with van der Waals surface area (Å²) in [5.41, 5.74) is 6.36. The third-order valence-electron chi connectivity index (χ3n) is 3.32. The fourth-order valence-electron chi connectivity index (χ4n) is 2.00. The highest BCUT2D eigenvalue weighted by Gasteiger charge is 2.31. The van der Waals surface area contributed by atoms with Crippen LogP contribution in [0.4, 0.5) is 4.39 Å². The van der Waals surface area contributed by atoms with Gasteiger partial charge >= 0.3 is 0 Å². The summed E-state index contributed by atoms with van der Waals surface area (Å²) in [5.74, 6) is -0.148. The third-order valence-corrected chi connectivity index (χ3v) is 5.24. The Hall–Kier alpha value is -1.76. The monoisotopic (exact) mass is 311 g/mol. The van der Waals surface area contributed by atoms with Gasteiger partial charge in [-0.05, 0) is 19.4 Å². The van der Waals surface area contributed by atoms with Crippen molar-refractivity contribution in [3.63, 3.8) is 0 Å². The normalized spacial score (nSPS) is 23.4. The molecule has 0 amide bonds. The number of nitrogens with zero attached hydrogens (tertiary/aromatic N) is 2. The van der Waals surface area contributed by atoms with Gasteiger partial charge in [0.25, 0.3) is 0 Å². The Morgan fingerprint density at radius 3 is 2.57 bits per heavy atom. The van der Waals surface area contributed by atoms with Crippen LogP contribution in [0.25, 0.3) is 0 Å². The first kappa shape index (κ1) is 15.6. The van der Waals surface area contributed by atoms with E-state index in [0.717, 1.165) is 5.56 Å². The number of benzene rings is 1. The lowest BCUT2D eigenvalue weighted by Crippen LogP contribution is -2.32. The summed E-state index contributed by atoms with van der Waals surface area (Å²) in [6.45, 7) is 2.99. The molecular formula is C14H18FN3O2S. The number of amidine groups is 2. The molecule has 0 spiro atoms. The quantitative estimate of drug-likeness (QED) is 0.669. The molecular weight excluding hydrogens is 293 g/mol. The van der Waals surface area contributed by atoms with Crippen LogP contribution in [0.5, 0.6) is 0 Å². The van der Waals surface area contributed by atoms with E-state index in [0.29, 0.717) is 0 Å². The minimum absolute atomic E-state index is 0.148. The van der Waals surface area contributed by atoms with Crippen LogP contribution in [0.1, 0.15) is 31.9 Å². The number of rotatable bonds is 2. The molecule has 7 heteroatoms. The van der Waals surface area contributed by atoms with Crippen molar-refractivity contribution in [2.75, 3.05) is 0 Å². The second kappa shape index (κ2) is 5.93. The molecule has 0 aromatic heterocycles. The molecule has 0 saturated carbocycles. The highest BCUT2D eigenvalue weighted by atomic mass is 32.2. The SMILES string of the molecule is CC(C)S(=O)(=O)C(N)=NC1=N[C@H](c2ccccc2)C[C@@H]1F. The molecule has 0 fully saturated rings. The Kier molecular flexibility index (Phi) is 4.41. The summed E-state index contributed by atoms with van der Waals surface area (Å²) < 4.78 is 37.7. The number of sulfone groups is 1. The van der Waals surface area contributed by atoms with Crippen LogP contribution in [-0.4, -0.2) is 30.8 Å². The average molecular weight is 311 g/mol. The molecule has 0 saturated heterocycles. The van der Waals surface area contributed by atoms with E-state index in [1.807, 2.05) is 30.3 Å². The largest absolute Gasteiger partial charge is 0.374 e.